The number of rotatable bonds is 4. The lowest BCUT2D eigenvalue weighted by atomic mass is 10.2. The van der Waals surface area contributed by atoms with E-state index in [1.165, 1.54) is 19.4 Å². The normalized spacial score (nSPS) is 10.0. The average molecular weight is 370 g/mol. The lowest BCUT2D eigenvalue weighted by molar-refractivity contribution is 0.274. The molecule has 0 aliphatic carbocycles. The van der Waals surface area contributed by atoms with Gasteiger partial charge in [-0.15, -0.1) is 0 Å². The summed E-state index contributed by atoms with van der Waals surface area (Å²) >= 11 is 9.26. The molecule has 0 spiro atoms. The lowest BCUT2D eigenvalue weighted by Gasteiger charge is -2.13. The first-order chi connectivity index (χ1) is 10.1. The Morgan fingerprint density at radius 3 is 2.81 bits per heavy atom. The smallest absolute Gasteiger partial charge is 0.231 e. The van der Waals surface area contributed by atoms with E-state index in [-0.39, 0.29) is 6.61 Å². The second kappa shape index (κ2) is 6.76. The molecule has 0 fully saturated rings. The number of nitriles is 1. The van der Waals surface area contributed by atoms with Crippen LogP contribution in [0.25, 0.3) is 0 Å². The van der Waals surface area contributed by atoms with Crippen LogP contribution in [-0.4, -0.2) is 17.2 Å². The highest BCUT2D eigenvalue weighted by Gasteiger charge is 2.16. The van der Waals surface area contributed by atoms with Gasteiger partial charge in [-0.05, 0) is 34.1 Å². The summed E-state index contributed by atoms with van der Waals surface area (Å²) < 4.78 is 11.3. The number of ether oxygens (including phenoxy) is 2. The zero-order valence-electron chi connectivity index (χ0n) is 10.9. The monoisotopic (exact) mass is 368 g/mol. The van der Waals surface area contributed by atoms with E-state index in [1.807, 2.05) is 6.07 Å². The van der Waals surface area contributed by atoms with Gasteiger partial charge in [-0.1, -0.05) is 11.6 Å². The van der Waals surface area contributed by atoms with E-state index in [1.54, 1.807) is 12.1 Å². The van der Waals surface area contributed by atoms with Gasteiger partial charge in [0.2, 0.25) is 5.88 Å². The fraction of sp³-hybridized carbons (Fsp3) is 0.143. The minimum atomic E-state index is -0.253. The van der Waals surface area contributed by atoms with Gasteiger partial charge in [-0.25, -0.2) is 4.98 Å². The third-order valence-electron chi connectivity index (χ3n) is 2.60. The first kappa shape index (κ1) is 15.6. The van der Waals surface area contributed by atoms with Gasteiger partial charge in [0.25, 0.3) is 0 Å². The van der Waals surface area contributed by atoms with E-state index in [4.69, 9.17) is 26.3 Å². The Bertz CT molecular complexity index is 716. The third-order valence-corrected chi connectivity index (χ3v) is 3.52. The van der Waals surface area contributed by atoms with Crippen LogP contribution in [0.3, 0.4) is 0 Å². The van der Waals surface area contributed by atoms with Crippen LogP contribution in [0.2, 0.25) is 5.02 Å². The quantitative estimate of drug-likeness (QED) is 0.890. The fourth-order valence-corrected chi connectivity index (χ4v) is 2.48. The van der Waals surface area contributed by atoms with E-state index >= 15 is 0 Å². The molecule has 0 amide bonds. The maximum atomic E-state index is 9.38. The number of pyridine rings is 1. The van der Waals surface area contributed by atoms with Crippen molar-refractivity contribution in [1.29, 1.82) is 5.26 Å². The van der Waals surface area contributed by atoms with Crippen LogP contribution >= 0.6 is 27.5 Å². The standard InChI is InChI=1S/C14H10BrClN2O3/c1-20-14-12(15)13(9(7-19)6-18-14)21-11-3-8(5-17)2-10(16)4-11/h2-4,6,19H,7H2,1H3. The molecule has 1 heterocycles. The molecule has 21 heavy (non-hydrogen) atoms. The number of hydrogen-bond acceptors (Lipinski definition) is 5. The van der Waals surface area contributed by atoms with E-state index in [9.17, 15) is 5.11 Å². The van der Waals surface area contributed by atoms with Crippen molar-refractivity contribution in [2.45, 2.75) is 6.61 Å². The molecule has 0 saturated heterocycles. The number of aliphatic hydroxyl groups is 1. The largest absolute Gasteiger partial charge is 0.480 e. The molecule has 0 radical (unpaired) electrons. The maximum absolute atomic E-state index is 9.38. The number of benzene rings is 1. The molecule has 7 heteroatoms. The predicted molar refractivity (Wildman–Crippen MR) is 80.7 cm³/mol. The zero-order valence-corrected chi connectivity index (χ0v) is 13.3. The van der Waals surface area contributed by atoms with Crippen molar-refractivity contribution < 1.29 is 14.6 Å². The van der Waals surface area contributed by atoms with Gasteiger partial charge in [0.1, 0.15) is 10.2 Å². The van der Waals surface area contributed by atoms with Gasteiger partial charge in [0.05, 0.1) is 25.3 Å². The topological polar surface area (TPSA) is 75.4 Å². The Morgan fingerprint density at radius 1 is 1.43 bits per heavy atom. The van der Waals surface area contributed by atoms with Crippen molar-refractivity contribution in [1.82, 2.24) is 4.98 Å². The van der Waals surface area contributed by atoms with Crippen LogP contribution in [0.1, 0.15) is 11.1 Å². The SMILES string of the molecule is COc1ncc(CO)c(Oc2cc(Cl)cc(C#N)c2)c1Br. The number of methoxy groups -OCH3 is 1. The highest BCUT2D eigenvalue weighted by molar-refractivity contribution is 9.10. The van der Waals surface area contributed by atoms with Crippen LogP contribution in [0.5, 0.6) is 17.4 Å². The highest BCUT2D eigenvalue weighted by atomic mass is 79.9. The van der Waals surface area contributed by atoms with Crippen LogP contribution < -0.4 is 9.47 Å². The lowest BCUT2D eigenvalue weighted by Crippen LogP contribution is -1.98. The van der Waals surface area contributed by atoms with E-state index < -0.39 is 0 Å². The predicted octanol–water partition coefficient (Wildman–Crippen LogP) is 3.66. The van der Waals surface area contributed by atoms with Crippen molar-refractivity contribution in [3.8, 4) is 23.4 Å². The molecule has 1 aromatic carbocycles. The van der Waals surface area contributed by atoms with Crippen molar-refractivity contribution in [3.05, 3.63) is 45.0 Å². The molecule has 0 aliphatic heterocycles. The van der Waals surface area contributed by atoms with Crippen LogP contribution in [0, 0.1) is 11.3 Å². The van der Waals surface area contributed by atoms with Gasteiger partial charge >= 0.3 is 0 Å². The molecule has 5 nitrogen and oxygen atoms in total. The van der Waals surface area contributed by atoms with Gasteiger partial charge in [-0.3, -0.25) is 0 Å². The first-order valence-electron chi connectivity index (χ1n) is 5.79. The molecule has 0 saturated carbocycles. The Kier molecular flexibility index (Phi) is 5.02. The molecule has 108 valence electrons. The van der Waals surface area contributed by atoms with Crippen molar-refractivity contribution >= 4 is 27.5 Å². The number of halogens is 2. The first-order valence-corrected chi connectivity index (χ1v) is 6.97. The van der Waals surface area contributed by atoms with E-state index in [0.717, 1.165) is 0 Å². The van der Waals surface area contributed by atoms with E-state index in [2.05, 4.69) is 20.9 Å². The molecule has 0 aliphatic rings. The van der Waals surface area contributed by atoms with Gasteiger partial charge in [0, 0.05) is 16.8 Å². The van der Waals surface area contributed by atoms with Gasteiger partial charge in [0.15, 0.2) is 5.75 Å². The number of hydrogen-bond donors (Lipinski definition) is 1. The molecular formula is C14H10BrClN2O3. The Morgan fingerprint density at radius 2 is 2.19 bits per heavy atom. The van der Waals surface area contributed by atoms with Crippen LogP contribution in [0.15, 0.2) is 28.9 Å². The number of aliphatic hydroxyl groups excluding tert-OH is 1. The minimum absolute atomic E-state index is 0.253. The molecule has 0 atom stereocenters. The van der Waals surface area contributed by atoms with Crippen LogP contribution in [-0.2, 0) is 6.61 Å². The van der Waals surface area contributed by atoms with Crippen molar-refractivity contribution in [2.75, 3.05) is 7.11 Å². The summed E-state index contributed by atoms with van der Waals surface area (Å²) in [7, 11) is 1.47. The fourth-order valence-electron chi connectivity index (χ4n) is 1.66. The molecule has 1 N–H and O–H groups in total. The molecule has 1 aromatic heterocycles. The Balaban J connectivity index is 2.48. The molecule has 2 rings (SSSR count). The summed E-state index contributed by atoms with van der Waals surface area (Å²) in [5.74, 6) is 1.06. The molecule has 2 aromatic rings. The Labute approximate surface area is 134 Å². The summed E-state index contributed by atoms with van der Waals surface area (Å²) in [5, 5.41) is 18.7. The second-order valence-corrected chi connectivity index (χ2v) is 5.21. The summed E-state index contributed by atoms with van der Waals surface area (Å²) in [6, 6.07) is 6.65. The van der Waals surface area contributed by atoms with Crippen LogP contribution in [0.4, 0.5) is 0 Å². The Hall–Kier alpha value is -1.81. The molecule has 0 bridgehead atoms. The maximum Gasteiger partial charge on any atom is 0.231 e. The zero-order chi connectivity index (χ0) is 15.4. The minimum Gasteiger partial charge on any atom is -0.480 e. The number of aromatic nitrogens is 1. The summed E-state index contributed by atoms with van der Waals surface area (Å²) in [6.07, 6.45) is 1.45. The summed E-state index contributed by atoms with van der Waals surface area (Å²) in [6.45, 7) is -0.253. The van der Waals surface area contributed by atoms with Crippen molar-refractivity contribution in [3.63, 3.8) is 0 Å². The number of nitrogens with zero attached hydrogens (tertiary/aromatic N) is 2. The van der Waals surface area contributed by atoms with Gasteiger partial charge in [-0.2, -0.15) is 5.26 Å². The van der Waals surface area contributed by atoms with Crippen molar-refractivity contribution in [2.24, 2.45) is 0 Å². The average Bonchev–Trinajstić information content (AvgIpc) is 2.48. The third kappa shape index (κ3) is 3.45. The van der Waals surface area contributed by atoms with E-state index in [0.29, 0.717) is 38.0 Å². The highest BCUT2D eigenvalue weighted by Crippen LogP contribution is 2.38. The summed E-state index contributed by atoms with van der Waals surface area (Å²) in [5.41, 5.74) is 0.848. The van der Waals surface area contributed by atoms with Gasteiger partial charge < -0.3 is 14.6 Å². The second-order valence-electron chi connectivity index (χ2n) is 3.98. The molecule has 0 unspecified atom stereocenters. The molecular weight excluding hydrogens is 360 g/mol. The summed E-state index contributed by atoms with van der Waals surface area (Å²) in [4.78, 5) is 4.03.